The average Bonchev–Trinajstić information content (AvgIpc) is 2.76. The van der Waals surface area contributed by atoms with Gasteiger partial charge in [0.05, 0.1) is 18.2 Å². The molecule has 3 aromatic carbocycles. The topological polar surface area (TPSA) is 76.7 Å². The van der Waals surface area contributed by atoms with Crippen LogP contribution < -0.4 is 20.1 Å². The molecule has 0 unspecified atom stereocenters. The van der Waals surface area contributed by atoms with Gasteiger partial charge in [-0.1, -0.05) is 29.8 Å². The molecular formula is C24H21ClN2O4. The fourth-order valence-electron chi connectivity index (χ4n) is 3.45. The number of amides is 2. The number of nitrogens with one attached hydrogen (secondary N) is 2. The molecule has 2 amide bonds. The van der Waals surface area contributed by atoms with Crippen molar-refractivity contribution in [3.8, 4) is 17.2 Å². The number of halogens is 1. The van der Waals surface area contributed by atoms with Crippen LogP contribution in [-0.4, -0.2) is 18.4 Å². The van der Waals surface area contributed by atoms with Crippen LogP contribution in [0.1, 0.15) is 24.8 Å². The lowest BCUT2D eigenvalue weighted by molar-refractivity contribution is -0.123. The van der Waals surface area contributed by atoms with Crippen LogP contribution in [-0.2, 0) is 9.59 Å². The minimum atomic E-state index is -0.609. The van der Waals surface area contributed by atoms with Crippen molar-refractivity contribution in [3.63, 3.8) is 0 Å². The molecule has 0 fully saturated rings. The third-order valence-electron chi connectivity index (χ3n) is 4.88. The van der Waals surface area contributed by atoms with Gasteiger partial charge in [0.1, 0.15) is 11.5 Å². The van der Waals surface area contributed by atoms with E-state index >= 15 is 0 Å². The van der Waals surface area contributed by atoms with Gasteiger partial charge in [0.2, 0.25) is 11.8 Å². The maximum atomic E-state index is 13.1. The van der Waals surface area contributed by atoms with E-state index in [0.717, 1.165) is 11.3 Å². The molecule has 1 aliphatic heterocycles. The summed E-state index contributed by atoms with van der Waals surface area (Å²) < 4.78 is 11.4. The van der Waals surface area contributed by atoms with Gasteiger partial charge in [-0.25, -0.2) is 0 Å². The second-order valence-corrected chi connectivity index (χ2v) is 7.46. The maximum Gasteiger partial charge on any atom is 0.232 e. The molecule has 7 heteroatoms. The number of ether oxygens (including phenoxy) is 2. The summed E-state index contributed by atoms with van der Waals surface area (Å²) in [6.07, 6.45) is 0.0679. The maximum absolute atomic E-state index is 13.1. The summed E-state index contributed by atoms with van der Waals surface area (Å²) in [5.74, 6) is 0.659. The molecule has 0 radical (unpaired) electrons. The molecule has 0 saturated carbocycles. The summed E-state index contributed by atoms with van der Waals surface area (Å²) in [7, 11) is 0. The van der Waals surface area contributed by atoms with E-state index in [-0.39, 0.29) is 18.2 Å². The van der Waals surface area contributed by atoms with Crippen molar-refractivity contribution >= 4 is 34.8 Å². The minimum absolute atomic E-state index is 0.0679. The molecule has 158 valence electrons. The SMILES string of the molecule is CCOc1ccc(Oc2ccc(Cl)cc2NC(=O)[C@H]2CC(=O)Nc3ccccc32)cc1. The van der Waals surface area contributed by atoms with E-state index in [2.05, 4.69) is 10.6 Å². The van der Waals surface area contributed by atoms with Crippen molar-refractivity contribution in [2.24, 2.45) is 0 Å². The molecule has 3 aromatic rings. The molecule has 31 heavy (non-hydrogen) atoms. The van der Waals surface area contributed by atoms with Crippen molar-refractivity contribution in [1.82, 2.24) is 0 Å². The normalized spacial score (nSPS) is 14.9. The highest BCUT2D eigenvalue weighted by molar-refractivity contribution is 6.31. The largest absolute Gasteiger partial charge is 0.494 e. The average molecular weight is 437 g/mol. The predicted octanol–water partition coefficient (Wildman–Crippen LogP) is 5.60. The van der Waals surface area contributed by atoms with Crippen LogP contribution in [0.2, 0.25) is 5.02 Å². The lowest BCUT2D eigenvalue weighted by atomic mass is 9.90. The van der Waals surface area contributed by atoms with Crippen molar-refractivity contribution in [1.29, 1.82) is 0 Å². The fourth-order valence-corrected chi connectivity index (χ4v) is 3.62. The lowest BCUT2D eigenvalue weighted by Gasteiger charge is -2.25. The number of hydrogen-bond donors (Lipinski definition) is 2. The number of anilines is 2. The zero-order valence-electron chi connectivity index (χ0n) is 16.9. The van der Waals surface area contributed by atoms with Gasteiger partial charge in [0, 0.05) is 17.1 Å². The highest BCUT2D eigenvalue weighted by atomic mass is 35.5. The number of carbonyl (C=O) groups is 2. The lowest BCUT2D eigenvalue weighted by Crippen LogP contribution is -2.30. The summed E-state index contributed by atoms with van der Waals surface area (Å²) in [5, 5.41) is 6.14. The highest BCUT2D eigenvalue weighted by Crippen LogP contribution is 2.36. The van der Waals surface area contributed by atoms with Gasteiger partial charge in [-0.15, -0.1) is 0 Å². The standard InChI is InChI=1S/C24H21ClN2O4/c1-2-30-16-8-10-17(11-9-16)31-22-12-7-15(25)13-21(22)27-24(29)19-14-23(28)26-20-6-4-3-5-18(19)20/h3-13,19H,2,14H2,1H3,(H,26,28)(H,27,29)/t19-/m0/s1. The Hall–Kier alpha value is -3.51. The van der Waals surface area contributed by atoms with Crippen LogP contribution in [0.5, 0.6) is 17.2 Å². The van der Waals surface area contributed by atoms with Crippen LogP contribution in [0.25, 0.3) is 0 Å². The molecular weight excluding hydrogens is 416 g/mol. The molecule has 0 aliphatic carbocycles. The van der Waals surface area contributed by atoms with Gasteiger partial charge >= 0.3 is 0 Å². The van der Waals surface area contributed by atoms with Crippen LogP contribution in [0.4, 0.5) is 11.4 Å². The zero-order chi connectivity index (χ0) is 21.8. The van der Waals surface area contributed by atoms with Gasteiger partial charge in [0.15, 0.2) is 5.75 Å². The third kappa shape index (κ3) is 4.81. The zero-order valence-corrected chi connectivity index (χ0v) is 17.6. The van der Waals surface area contributed by atoms with E-state index in [1.54, 1.807) is 36.4 Å². The highest BCUT2D eigenvalue weighted by Gasteiger charge is 2.31. The number of fused-ring (bicyclic) bond motifs is 1. The summed E-state index contributed by atoms with van der Waals surface area (Å²) >= 11 is 6.16. The first-order valence-corrected chi connectivity index (χ1v) is 10.3. The number of carbonyl (C=O) groups excluding carboxylic acids is 2. The first-order chi connectivity index (χ1) is 15.0. The number of benzene rings is 3. The van der Waals surface area contributed by atoms with Crippen LogP contribution >= 0.6 is 11.6 Å². The Morgan fingerprint density at radius 1 is 1.10 bits per heavy atom. The van der Waals surface area contributed by atoms with Crippen LogP contribution in [0, 0.1) is 0 Å². The van der Waals surface area contributed by atoms with Gasteiger partial charge in [0.25, 0.3) is 0 Å². The van der Waals surface area contributed by atoms with E-state index < -0.39 is 5.92 Å². The summed E-state index contributed by atoms with van der Waals surface area (Å²) in [6.45, 7) is 2.50. The third-order valence-corrected chi connectivity index (χ3v) is 5.11. The van der Waals surface area contributed by atoms with Crippen molar-refractivity contribution in [2.75, 3.05) is 17.2 Å². The quantitative estimate of drug-likeness (QED) is 0.527. The number of rotatable bonds is 6. The molecule has 0 saturated heterocycles. The molecule has 1 heterocycles. The van der Waals surface area contributed by atoms with Crippen molar-refractivity contribution < 1.29 is 19.1 Å². The summed E-state index contributed by atoms with van der Waals surface area (Å²) in [6, 6.07) is 19.5. The Morgan fingerprint density at radius 2 is 1.84 bits per heavy atom. The fraction of sp³-hybridized carbons (Fsp3) is 0.167. The first kappa shape index (κ1) is 20.8. The van der Waals surface area contributed by atoms with E-state index in [1.165, 1.54) is 0 Å². The Bertz CT molecular complexity index is 1110. The minimum Gasteiger partial charge on any atom is -0.494 e. The van der Waals surface area contributed by atoms with Crippen molar-refractivity contribution in [2.45, 2.75) is 19.3 Å². The molecule has 0 aromatic heterocycles. The van der Waals surface area contributed by atoms with E-state index in [0.29, 0.717) is 34.5 Å². The second-order valence-electron chi connectivity index (χ2n) is 7.03. The van der Waals surface area contributed by atoms with Gasteiger partial charge in [-0.05, 0) is 61.0 Å². The second kappa shape index (κ2) is 9.10. The number of hydrogen-bond acceptors (Lipinski definition) is 4. The first-order valence-electron chi connectivity index (χ1n) is 9.93. The molecule has 1 atom stereocenters. The van der Waals surface area contributed by atoms with E-state index in [4.69, 9.17) is 21.1 Å². The molecule has 0 spiro atoms. The Kier molecular flexibility index (Phi) is 6.09. The van der Waals surface area contributed by atoms with Gasteiger partial charge in [-0.2, -0.15) is 0 Å². The number of para-hydroxylation sites is 1. The van der Waals surface area contributed by atoms with Gasteiger partial charge in [-0.3, -0.25) is 9.59 Å². The smallest absolute Gasteiger partial charge is 0.232 e. The summed E-state index contributed by atoms with van der Waals surface area (Å²) in [4.78, 5) is 25.2. The van der Waals surface area contributed by atoms with E-state index in [1.807, 2.05) is 37.3 Å². The monoisotopic (exact) mass is 436 g/mol. The Labute approximate surface area is 185 Å². The van der Waals surface area contributed by atoms with Crippen LogP contribution in [0.15, 0.2) is 66.7 Å². The van der Waals surface area contributed by atoms with Gasteiger partial charge < -0.3 is 20.1 Å². The molecule has 0 bridgehead atoms. The Morgan fingerprint density at radius 3 is 2.61 bits per heavy atom. The molecule has 4 rings (SSSR count). The molecule has 6 nitrogen and oxygen atoms in total. The van der Waals surface area contributed by atoms with Crippen LogP contribution in [0.3, 0.4) is 0 Å². The summed E-state index contributed by atoms with van der Waals surface area (Å²) in [5.41, 5.74) is 1.85. The predicted molar refractivity (Wildman–Crippen MR) is 120 cm³/mol. The Balaban J connectivity index is 1.57. The molecule has 2 N–H and O–H groups in total. The van der Waals surface area contributed by atoms with E-state index in [9.17, 15) is 9.59 Å². The molecule has 1 aliphatic rings. The van der Waals surface area contributed by atoms with Crippen molar-refractivity contribution in [3.05, 3.63) is 77.3 Å².